The molecular weight excluding hydrogens is 312 g/mol. The Bertz CT molecular complexity index is 560. The van der Waals surface area contributed by atoms with Crippen molar-refractivity contribution < 1.29 is 23.7 Å². The molecule has 7 heteroatoms. The molecule has 0 aliphatic carbocycles. The Labute approximate surface area is 141 Å². The van der Waals surface area contributed by atoms with Crippen molar-refractivity contribution in [3.63, 3.8) is 0 Å². The van der Waals surface area contributed by atoms with Gasteiger partial charge in [-0.1, -0.05) is 0 Å². The van der Waals surface area contributed by atoms with Crippen molar-refractivity contribution in [3.05, 3.63) is 24.0 Å². The molecule has 1 N–H and O–H groups in total. The Morgan fingerprint density at radius 3 is 3.04 bits per heavy atom. The zero-order valence-electron chi connectivity index (χ0n) is 14.1. The second-order valence-electron chi connectivity index (χ2n) is 6.29. The fourth-order valence-electron chi connectivity index (χ4n) is 2.89. The van der Waals surface area contributed by atoms with Crippen LogP contribution in [0.4, 0.5) is 4.79 Å². The first-order valence-corrected chi connectivity index (χ1v) is 8.44. The number of cyclic esters (lactones) is 1. The molecule has 3 atom stereocenters. The van der Waals surface area contributed by atoms with Gasteiger partial charge in [-0.3, -0.25) is 4.98 Å². The number of aromatic nitrogens is 1. The summed E-state index contributed by atoms with van der Waals surface area (Å²) in [6, 6.07) is 1.48. The van der Waals surface area contributed by atoms with Crippen molar-refractivity contribution >= 4 is 6.09 Å². The molecule has 1 aromatic rings. The standard InChI is InChI=1S/C17H24N2O5/c1-11(2)23-14-6-7-18-9-12(14)16-13(19-17(20)24-16)10-22-15-5-3-4-8-21-15/h6-7,9,11,13,15-16H,3-5,8,10H2,1-2H3,(H,19,20)/t13-,15?,16?/m1/s1. The van der Waals surface area contributed by atoms with Crippen molar-refractivity contribution in [1.29, 1.82) is 0 Å². The first kappa shape index (κ1) is 17.0. The molecular formula is C17H24N2O5. The zero-order valence-corrected chi connectivity index (χ0v) is 14.1. The highest BCUT2D eigenvalue weighted by atomic mass is 16.7. The number of amides is 1. The van der Waals surface area contributed by atoms with Crippen LogP contribution in [0, 0.1) is 0 Å². The third kappa shape index (κ3) is 4.15. The Morgan fingerprint density at radius 2 is 2.29 bits per heavy atom. The number of alkyl carbamates (subject to hydrolysis) is 1. The van der Waals surface area contributed by atoms with Crippen molar-refractivity contribution in [2.45, 2.75) is 57.6 Å². The highest BCUT2D eigenvalue weighted by Gasteiger charge is 2.38. The van der Waals surface area contributed by atoms with E-state index in [0.717, 1.165) is 31.4 Å². The van der Waals surface area contributed by atoms with Crippen LogP contribution in [-0.4, -0.2) is 42.7 Å². The fourth-order valence-corrected chi connectivity index (χ4v) is 2.89. The Kier molecular flexibility index (Phi) is 5.52. The molecule has 3 heterocycles. The van der Waals surface area contributed by atoms with Crippen LogP contribution in [0.2, 0.25) is 0 Å². The number of nitrogens with one attached hydrogen (secondary N) is 1. The second kappa shape index (κ2) is 7.81. The minimum Gasteiger partial charge on any atom is -0.490 e. The summed E-state index contributed by atoms with van der Waals surface area (Å²) in [5.41, 5.74) is 0.739. The minimum absolute atomic E-state index is 0.0153. The van der Waals surface area contributed by atoms with Crippen LogP contribution in [0.15, 0.2) is 18.5 Å². The Hall–Kier alpha value is -1.86. The molecule has 0 spiro atoms. The van der Waals surface area contributed by atoms with Gasteiger partial charge in [0.1, 0.15) is 5.75 Å². The number of hydrogen-bond acceptors (Lipinski definition) is 6. The predicted molar refractivity (Wildman–Crippen MR) is 85.7 cm³/mol. The smallest absolute Gasteiger partial charge is 0.408 e. The number of rotatable bonds is 6. The summed E-state index contributed by atoms with van der Waals surface area (Å²) in [4.78, 5) is 15.9. The Morgan fingerprint density at radius 1 is 1.42 bits per heavy atom. The topological polar surface area (TPSA) is 78.9 Å². The number of ether oxygens (including phenoxy) is 4. The monoisotopic (exact) mass is 336 g/mol. The van der Waals surface area contributed by atoms with E-state index in [-0.39, 0.29) is 18.4 Å². The summed E-state index contributed by atoms with van der Waals surface area (Å²) in [5, 5.41) is 2.80. The molecule has 132 valence electrons. The predicted octanol–water partition coefficient (Wildman–Crippen LogP) is 2.56. The molecule has 2 fully saturated rings. The lowest BCUT2D eigenvalue weighted by Gasteiger charge is -2.25. The van der Waals surface area contributed by atoms with Crippen LogP contribution in [0.1, 0.15) is 44.8 Å². The van der Waals surface area contributed by atoms with Gasteiger partial charge >= 0.3 is 6.09 Å². The maximum Gasteiger partial charge on any atom is 0.408 e. The van der Waals surface area contributed by atoms with Crippen LogP contribution in [0.3, 0.4) is 0 Å². The van der Waals surface area contributed by atoms with E-state index >= 15 is 0 Å². The number of carbonyl (C=O) groups is 1. The highest BCUT2D eigenvalue weighted by Crippen LogP contribution is 2.33. The lowest BCUT2D eigenvalue weighted by atomic mass is 10.0. The minimum atomic E-state index is -0.497. The SMILES string of the molecule is CC(C)Oc1ccncc1C1OC(=O)N[C@@H]1COC1CCCCO1. The van der Waals surface area contributed by atoms with Crippen molar-refractivity contribution in [1.82, 2.24) is 10.3 Å². The van der Waals surface area contributed by atoms with Gasteiger partial charge in [-0.2, -0.15) is 0 Å². The molecule has 2 saturated heterocycles. The number of pyridine rings is 1. The summed E-state index contributed by atoms with van der Waals surface area (Å²) < 4.78 is 22.6. The lowest BCUT2D eigenvalue weighted by Crippen LogP contribution is -2.35. The van der Waals surface area contributed by atoms with Gasteiger partial charge in [0.05, 0.1) is 24.3 Å². The summed E-state index contributed by atoms with van der Waals surface area (Å²) in [7, 11) is 0. The quantitative estimate of drug-likeness (QED) is 0.860. The van der Waals surface area contributed by atoms with Crippen LogP contribution in [-0.2, 0) is 14.2 Å². The molecule has 1 amide bonds. The molecule has 3 rings (SSSR count). The van der Waals surface area contributed by atoms with Crippen LogP contribution >= 0.6 is 0 Å². The second-order valence-corrected chi connectivity index (χ2v) is 6.29. The van der Waals surface area contributed by atoms with Gasteiger partial charge in [0.25, 0.3) is 0 Å². The average molecular weight is 336 g/mol. The van der Waals surface area contributed by atoms with Gasteiger partial charge < -0.3 is 24.3 Å². The fraction of sp³-hybridized carbons (Fsp3) is 0.647. The summed E-state index contributed by atoms with van der Waals surface area (Å²) in [6.07, 6.45) is 5.22. The molecule has 2 aliphatic rings. The molecule has 0 radical (unpaired) electrons. The van der Waals surface area contributed by atoms with Gasteiger partial charge in [0.2, 0.25) is 0 Å². The van der Waals surface area contributed by atoms with Gasteiger partial charge in [-0.05, 0) is 39.2 Å². The van der Waals surface area contributed by atoms with Gasteiger partial charge in [0.15, 0.2) is 12.4 Å². The van der Waals surface area contributed by atoms with E-state index in [9.17, 15) is 4.79 Å². The van der Waals surface area contributed by atoms with Crippen LogP contribution in [0.25, 0.3) is 0 Å². The molecule has 0 aromatic carbocycles. The van der Waals surface area contributed by atoms with Gasteiger partial charge in [-0.25, -0.2) is 4.79 Å². The number of carbonyl (C=O) groups excluding carboxylic acids is 1. The summed E-state index contributed by atoms with van der Waals surface area (Å²) >= 11 is 0. The van der Waals surface area contributed by atoms with E-state index in [0.29, 0.717) is 12.4 Å². The maximum atomic E-state index is 11.7. The van der Waals surface area contributed by atoms with Crippen molar-refractivity contribution in [2.75, 3.05) is 13.2 Å². The summed E-state index contributed by atoms with van der Waals surface area (Å²) in [5.74, 6) is 0.667. The van der Waals surface area contributed by atoms with Crippen molar-refractivity contribution in [2.24, 2.45) is 0 Å². The highest BCUT2D eigenvalue weighted by molar-refractivity contribution is 5.71. The van der Waals surface area contributed by atoms with Crippen LogP contribution in [0.5, 0.6) is 5.75 Å². The third-order valence-corrected chi connectivity index (χ3v) is 3.98. The largest absolute Gasteiger partial charge is 0.490 e. The van der Waals surface area contributed by atoms with Gasteiger partial charge in [0, 0.05) is 19.0 Å². The molecule has 24 heavy (non-hydrogen) atoms. The Balaban J connectivity index is 1.69. The average Bonchev–Trinajstić information content (AvgIpc) is 2.94. The molecule has 0 saturated carbocycles. The van der Waals surface area contributed by atoms with E-state index in [4.69, 9.17) is 18.9 Å². The molecule has 7 nitrogen and oxygen atoms in total. The van der Waals surface area contributed by atoms with Crippen molar-refractivity contribution in [3.8, 4) is 5.75 Å². The third-order valence-electron chi connectivity index (χ3n) is 3.98. The molecule has 1 aromatic heterocycles. The molecule has 0 bridgehead atoms. The zero-order chi connectivity index (χ0) is 16.9. The van der Waals surface area contributed by atoms with E-state index < -0.39 is 12.2 Å². The van der Waals surface area contributed by atoms with E-state index in [2.05, 4.69) is 10.3 Å². The van der Waals surface area contributed by atoms with E-state index in [1.54, 1.807) is 18.5 Å². The number of hydrogen-bond donors (Lipinski definition) is 1. The molecule has 2 aliphatic heterocycles. The number of nitrogens with zero attached hydrogens (tertiary/aromatic N) is 1. The first-order chi connectivity index (χ1) is 11.6. The van der Waals surface area contributed by atoms with E-state index in [1.807, 2.05) is 13.8 Å². The van der Waals surface area contributed by atoms with E-state index in [1.165, 1.54) is 0 Å². The maximum absolute atomic E-state index is 11.7. The normalized spacial score (nSPS) is 27.0. The first-order valence-electron chi connectivity index (χ1n) is 8.44. The molecule has 2 unspecified atom stereocenters. The van der Waals surface area contributed by atoms with Crippen LogP contribution < -0.4 is 10.1 Å². The summed E-state index contributed by atoms with van der Waals surface area (Å²) in [6.45, 7) is 4.93. The lowest BCUT2D eigenvalue weighted by molar-refractivity contribution is -0.167. The van der Waals surface area contributed by atoms with Gasteiger partial charge in [-0.15, -0.1) is 0 Å².